The largest absolute Gasteiger partial charge is 0.303 e. The highest BCUT2D eigenvalue weighted by Crippen LogP contribution is 2.23. The van der Waals surface area contributed by atoms with Crippen LogP contribution >= 0.6 is 11.6 Å². The zero-order chi connectivity index (χ0) is 10.6. The summed E-state index contributed by atoms with van der Waals surface area (Å²) in [5, 5.41) is 0.410. The molecule has 0 bridgehead atoms. The highest BCUT2D eigenvalue weighted by Gasteiger charge is 2.24. The number of piperidine rings is 1. The molecule has 0 spiro atoms. The zero-order valence-electron chi connectivity index (χ0n) is 9.80. The van der Waals surface area contributed by atoms with Gasteiger partial charge >= 0.3 is 0 Å². The van der Waals surface area contributed by atoms with Crippen molar-refractivity contribution in [1.29, 1.82) is 0 Å². The number of likely N-dealkylation sites (tertiary alicyclic amines) is 1. The maximum Gasteiger partial charge on any atom is 0.0386 e. The minimum atomic E-state index is 0.410. The van der Waals surface area contributed by atoms with Crippen LogP contribution in [0.4, 0.5) is 0 Å². The minimum Gasteiger partial charge on any atom is -0.303 e. The van der Waals surface area contributed by atoms with E-state index in [1.807, 2.05) is 0 Å². The van der Waals surface area contributed by atoms with Crippen LogP contribution < -0.4 is 0 Å². The van der Waals surface area contributed by atoms with E-state index in [1.54, 1.807) is 0 Å². The number of rotatable bonds is 4. The van der Waals surface area contributed by atoms with Crippen molar-refractivity contribution < 1.29 is 0 Å². The van der Waals surface area contributed by atoms with Gasteiger partial charge in [0.25, 0.3) is 0 Å². The maximum absolute atomic E-state index is 6.21. The first kappa shape index (κ1) is 12.3. The van der Waals surface area contributed by atoms with Gasteiger partial charge in [-0.25, -0.2) is 0 Å². The minimum absolute atomic E-state index is 0.410. The molecule has 2 unspecified atom stereocenters. The van der Waals surface area contributed by atoms with E-state index in [2.05, 4.69) is 25.7 Å². The van der Waals surface area contributed by atoms with Crippen LogP contribution in [0.15, 0.2) is 0 Å². The summed E-state index contributed by atoms with van der Waals surface area (Å²) in [7, 11) is 0. The molecule has 1 rings (SSSR count). The Morgan fingerprint density at radius 2 is 2.00 bits per heavy atom. The van der Waals surface area contributed by atoms with Crippen molar-refractivity contribution in [3.05, 3.63) is 0 Å². The van der Waals surface area contributed by atoms with E-state index < -0.39 is 0 Å². The lowest BCUT2D eigenvalue weighted by Gasteiger charge is -2.35. The maximum atomic E-state index is 6.21. The number of hydrogen-bond donors (Lipinski definition) is 0. The molecule has 0 aromatic rings. The summed E-state index contributed by atoms with van der Waals surface area (Å²) < 4.78 is 0. The van der Waals surface area contributed by atoms with Crippen molar-refractivity contribution in [3.8, 4) is 0 Å². The van der Waals surface area contributed by atoms with Gasteiger partial charge in [-0.1, -0.05) is 33.6 Å². The topological polar surface area (TPSA) is 3.24 Å². The Morgan fingerprint density at radius 1 is 1.36 bits per heavy atom. The van der Waals surface area contributed by atoms with Gasteiger partial charge in [-0.05, 0) is 24.8 Å². The quantitative estimate of drug-likeness (QED) is 0.653. The summed E-state index contributed by atoms with van der Waals surface area (Å²) in [4.78, 5) is 2.60. The lowest BCUT2D eigenvalue weighted by molar-refractivity contribution is 0.158. The van der Waals surface area contributed by atoms with Gasteiger partial charge in [-0.2, -0.15) is 0 Å². The SMILES string of the molecule is CCC(CC)CN1CCC(Cl)C(C)C1. The molecule has 0 aromatic heterocycles. The molecule has 1 nitrogen and oxygen atoms in total. The van der Waals surface area contributed by atoms with Gasteiger partial charge in [0, 0.05) is 18.5 Å². The van der Waals surface area contributed by atoms with Crippen LogP contribution in [0, 0.1) is 11.8 Å². The van der Waals surface area contributed by atoms with Gasteiger partial charge in [-0.15, -0.1) is 11.6 Å². The first-order valence-corrected chi connectivity index (χ1v) is 6.47. The average Bonchev–Trinajstić information content (AvgIpc) is 2.19. The molecule has 0 N–H and O–H groups in total. The molecule has 0 radical (unpaired) electrons. The van der Waals surface area contributed by atoms with Crippen LogP contribution in [0.5, 0.6) is 0 Å². The second-order valence-corrected chi connectivity index (χ2v) is 5.28. The van der Waals surface area contributed by atoms with E-state index >= 15 is 0 Å². The third-order valence-corrected chi connectivity index (χ3v) is 4.20. The smallest absolute Gasteiger partial charge is 0.0386 e. The summed E-state index contributed by atoms with van der Waals surface area (Å²) >= 11 is 6.21. The predicted octanol–water partition coefficient (Wildman–Crippen LogP) is 3.37. The molecule has 1 aliphatic heterocycles. The Morgan fingerprint density at radius 3 is 2.50 bits per heavy atom. The number of nitrogens with zero attached hydrogens (tertiary/aromatic N) is 1. The molecular weight excluding hydrogens is 194 g/mol. The Kier molecular flexibility index (Phi) is 5.25. The van der Waals surface area contributed by atoms with Crippen LogP contribution in [0.3, 0.4) is 0 Å². The van der Waals surface area contributed by atoms with Gasteiger partial charge < -0.3 is 4.90 Å². The third kappa shape index (κ3) is 3.43. The molecule has 1 aliphatic rings. The van der Waals surface area contributed by atoms with E-state index in [9.17, 15) is 0 Å². The Bertz CT molecular complexity index is 156. The number of alkyl halides is 1. The van der Waals surface area contributed by atoms with Crippen molar-refractivity contribution in [1.82, 2.24) is 4.90 Å². The van der Waals surface area contributed by atoms with Crippen molar-refractivity contribution in [3.63, 3.8) is 0 Å². The Labute approximate surface area is 93.8 Å². The van der Waals surface area contributed by atoms with Gasteiger partial charge in [0.2, 0.25) is 0 Å². The fourth-order valence-corrected chi connectivity index (χ4v) is 2.46. The van der Waals surface area contributed by atoms with Gasteiger partial charge in [0.05, 0.1) is 0 Å². The third-order valence-electron chi connectivity index (χ3n) is 3.56. The van der Waals surface area contributed by atoms with E-state index in [0.717, 1.165) is 5.92 Å². The monoisotopic (exact) mass is 217 g/mol. The summed E-state index contributed by atoms with van der Waals surface area (Å²) in [6.07, 6.45) is 3.79. The molecule has 14 heavy (non-hydrogen) atoms. The molecular formula is C12H24ClN. The molecule has 1 heterocycles. The van der Waals surface area contributed by atoms with E-state index in [4.69, 9.17) is 11.6 Å². The normalized spacial score (nSPS) is 29.8. The molecule has 0 aromatic carbocycles. The lowest BCUT2D eigenvalue weighted by Crippen LogP contribution is -2.42. The fraction of sp³-hybridized carbons (Fsp3) is 1.00. The summed E-state index contributed by atoms with van der Waals surface area (Å²) in [5.41, 5.74) is 0. The van der Waals surface area contributed by atoms with Crippen molar-refractivity contribution in [2.45, 2.75) is 45.4 Å². The van der Waals surface area contributed by atoms with Gasteiger partial charge in [0.15, 0.2) is 0 Å². The highest BCUT2D eigenvalue weighted by atomic mass is 35.5. The Hall–Kier alpha value is 0.250. The molecule has 0 aliphatic carbocycles. The first-order valence-electron chi connectivity index (χ1n) is 6.03. The van der Waals surface area contributed by atoms with Gasteiger partial charge in [0.1, 0.15) is 0 Å². The van der Waals surface area contributed by atoms with Crippen molar-refractivity contribution in [2.24, 2.45) is 11.8 Å². The lowest BCUT2D eigenvalue weighted by atomic mass is 9.96. The summed E-state index contributed by atoms with van der Waals surface area (Å²) in [6, 6.07) is 0. The number of halogens is 1. The van der Waals surface area contributed by atoms with Crippen LogP contribution in [0.2, 0.25) is 0 Å². The van der Waals surface area contributed by atoms with Crippen molar-refractivity contribution in [2.75, 3.05) is 19.6 Å². The Balaban J connectivity index is 2.32. The fourth-order valence-electron chi connectivity index (χ4n) is 2.28. The van der Waals surface area contributed by atoms with Crippen molar-refractivity contribution >= 4 is 11.6 Å². The van der Waals surface area contributed by atoms with E-state index in [-0.39, 0.29) is 0 Å². The predicted molar refractivity (Wildman–Crippen MR) is 63.9 cm³/mol. The first-order chi connectivity index (χ1) is 6.67. The van der Waals surface area contributed by atoms with Crippen LogP contribution in [0.25, 0.3) is 0 Å². The van der Waals surface area contributed by atoms with E-state index in [0.29, 0.717) is 11.3 Å². The molecule has 1 fully saturated rings. The molecule has 0 amide bonds. The second-order valence-electron chi connectivity index (χ2n) is 4.72. The molecule has 2 atom stereocenters. The molecule has 84 valence electrons. The van der Waals surface area contributed by atoms with E-state index in [1.165, 1.54) is 38.9 Å². The molecule has 1 saturated heterocycles. The van der Waals surface area contributed by atoms with Gasteiger partial charge in [-0.3, -0.25) is 0 Å². The molecule has 2 heteroatoms. The highest BCUT2D eigenvalue weighted by molar-refractivity contribution is 6.20. The standard InChI is InChI=1S/C12H24ClN/c1-4-11(5-2)9-14-7-6-12(13)10(3)8-14/h10-12H,4-9H2,1-3H3. The summed E-state index contributed by atoms with van der Waals surface area (Å²) in [6.45, 7) is 10.6. The molecule has 0 saturated carbocycles. The second kappa shape index (κ2) is 5.97. The van der Waals surface area contributed by atoms with Crippen LogP contribution in [-0.2, 0) is 0 Å². The number of hydrogen-bond acceptors (Lipinski definition) is 1. The summed E-state index contributed by atoms with van der Waals surface area (Å²) in [5.74, 6) is 1.55. The van der Waals surface area contributed by atoms with Crippen LogP contribution in [0.1, 0.15) is 40.0 Å². The van der Waals surface area contributed by atoms with Crippen LogP contribution in [-0.4, -0.2) is 29.9 Å². The average molecular weight is 218 g/mol. The zero-order valence-corrected chi connectivity index (χ0v) is 10.6.